The number of nitrogens with two attached hydrogens (primary N) is 2. The van der Waals surface area contributed by atoms with Gasteiger partial charge in [0.1, 0.15) is 5.69 Å². The van der Waals surface area contributed by atoms with Gasteiger partial charge in [-0.25, -0.2) is 0 Å². The van der Waals surface area contributed by atoms with Gasteiger partial charge in [0.2, 0.25) is 0 Å². The van der Waals surface area contributed by atoms with Crippen LogP contribution in [0.2, 0.25) is 0 Å². The molecular formula is C25H34N5S2+. The van der Waals surface area contributed by atoms with E-state index in [0.717, 1.165) is 30.6 Å². The average molecular weight is 469 g/mol. The van der Waals surface area contributed by atoms with Gasteiger partial charge >= 0.3 is 0 Å². The molecule has 4 rings (SSSR count). The Morgan fingerprint density at radius 3 is 2.34 bits per heavy atom. The molecule has 0 radical (unpaired) electrons. The summed E-state index contributed by atoms with van der Waals surface area (Å²) in [5.41, 5.74) is 9.64. The Balaban J connectivity index is 1.23. The molecule has 5 nitrogen and oxygen atoms in total. The van der Waals surface area contributed by atoms with Crippen LogP contribution < -0.4 is 16.0 Å². The largest absolute Gasteiger partial charge is 0.378 e. The summed E-state index contributed by atoms with van der Waals surface area (Å²) in [6.45, 7) is 4.88. The van der Waals surface area contributed by atoms with Crippen molar-refractivity contribution in [1.29, 1.82) is 0 Å². The fraction of sp³-hybridized carbons (Fsp3) is 0.440. The number of aliphatic imine (C=N–C) groups is 1. The predicted octanol–water partition coefficient (Wildman–Crippen LogP) is 3.87. The van der Waals surface area contributed by atoms with Crippen molar-refractivity contribution in [2.75, 3.05) is 31.1 Å². The number of piperidine rings is 2. The smallest absolute Gasteiger partial charge is 0.300 e. The maximum absolute atomic E-state index is 6.06. The van der Waals surface area contributed by atoms with E-state index in [0.29, 0.717) is 10.3 Å². The van der Waals surface area contributed by atoms with Crippen LogP contribution in [0.1, 0.15) is 37.7 Å². The zero-order valence-corrected chi connectivity index (χ0v) is 20.3. The molecule has 0 bridgehead atoms. The molecule has 7 heteroatoms. The lowest BCUT2D eigenvalue weighted by Crippen LogP contribution is -2.81. The van der Waals surface area contributed by atoms with Gasteiger partial charge in [-0.1, -0.05) is 48.5 Å². The van der Waals surface area contributed by atoms with Gasteiger partial charge in [-0.15, -0.1) is 0 Å². The third-order valence-electron chi connectivity index (χ3n) is 6.37. The molecule has 0 spiro atoms. The summed E-state index contributed by atoms with van der Waals surface area (Å²) in [7, 11) is 0. The van der Waals surface area contributed by atoms with E-state index >= 15 is 0 Å². The third kappa shape index (κ3) is 6.78. The Morgan fingerprint density at radius 1 is 0.969 bits per heavy atom. The highest BCUT2D eigenvalue weighted by molar-refractivity contribution is 8.13. The van der Waals surface area contributed by atoms with Gasteiger partial charge in [-0.3, -0.25) is 5.32 Å². The number of benzene rings is 2. The number of likely N-dealkylation sites (tertiary alicyclic amines) is 1. The maximum Gasteiger partial charge on any atom is 0.300 e. The van der Waals surface area contributed by atoms with Crippen LogP contribution in [0.5, 0.6) is 0 Å². The summed E-state index contributed by atoms with van der Waals surface area (Å²) in [5.74, 6) is 0.794. The minimum atomic E-state index is 0.503. The van der Waals surface area contributed by atoms with Crippen LogP contribution in [0.25, 0.3) is 0 Å². The van der Waals surface area contributed by atoms with Crippen molar-refractivity contribution in [2.24, 2.45) is 10.7 Å². The van der Waals surface area contributed by atoms with Crippen LogP contribution in [0.3, 0.4) is 0 Å². The number of quaternary nitrogens is 1. The Hall–Kier alpha value is -1.93. The lowest BCUT2D eigenvalue weighted by atomic mass is 9.99. The zero-order chi connectivity index (χ0) is 22.2. The lowest BCUT2D eigenvalue weighted by Gasteiger charge is -2.41. The minimum absolute atomic E-state index is 0.503. The predicted molar refractivity (Wildman–Crippen MR) is 141 cm³/mol. The first-order valence-corrected chi connectivity index (χ1v) is 13.1. The number of hydrogen-bond acceptors (Lipinski definition) is 4. The van der Waals surface area contributed by atoms with Crippen LogP contribution in [-0.4, -0.2) is 47.4 Å². The molecule has 2 heterocycles. The molecule has 2 aliphatic heterocycles. The second-order valence-corrected chi connectivity index (χ2v) is 10.0. The van der Waals surface area contributed by atoms with Crippen molar-refractivity contribution in [3.05, 3.63) is 60.2 Å². The van der Waals surface area contributed by atoms with Crippen LogP contribution in [0.15, 0.2) is 59.6 Å². The molecule has 0 unspecified atom stereocenters. The molecule has 2 aliphatic rings. The number of rotatable bonds is 5. The van der Waals surface area contributed by atoms with Gasteiger partial charge in [0, 0.05) is 54.9 Å². The number of amidine groups is 1. The van der Waals surface area contributed by atoms with E-state index in [9.17, 15) is 0 Å². The van der Waals surface area contributed by atoms with E-state index < -0.39 is 0 Å². The normalized spacial score (nSPS) is 18.6. The Kier molecular flexibility index (Phi) is 8.56. The molecular weight excluding hydrogens is 434 g/mol. The highest BCUT2D eigenvalue weighted by atomic mass is 32.2. The first-order valence-electron chi connectivity index (χ1n) is 11.7. The Bertz CT molecular complexity index is 886. The average Bonchev–Trinajstić information content (AvgIpc) is 2.84. The van der Waals surface area contributed by atoms with Crippen molar-refractivity contribution in [2.45, 2.75) is 43.9 Å². The molecule has 2 aromatic rings. The van der Waals surface area contributed by atoms with Gasteiger partial charge < -0.3 is 15.5 Å². The summed E-state index contributed by atoms with van der Waals surface area (Å²) < 4.78 is 0. The topological polar surface area (TPSA) is 61.5 Å². The van der Waals surface area contributed by atoms with E-state index in [4.69, 9.17) is 18.0 Å². The van der Waals surface area contributed by atoms with Crippen molar-refractivity contribution in [3.8, 4) is 0 Å². The summed E-state index contributed by atoms with van der Waals surface area (Å²) in [4.78, 5) is 9.61. The molecule has 0 aromatic heterocycles. The zero-order valence-electron chi connectivity index (χ0n) is 18.7. The molecule has 4 N–H and O–H groups in total. The standard InChI is InChI=1S/C25H33N5S2/c26-24(32-19-20-7-3-1-4-8-20)28-25(31)27-21-9-11-22(12-10-21)30-17-13-23(14-18-30)29-15-5-2-6-16-29/h1,3-4,7-12,23H,2,5-6,13-19H2,(H3,26,27,28,31)/p+1. The van der Waals surface area contributed by atoms with Gasteiger partial charge in [-0.2, -0.15) is 4.99 Å². The van der Waals surface area contributed by atoms with Gasteiger partial charge in [-0.05, 0) is 56.5 Å². The number of nitrogens with zero attached hydrogens (tertiary/aromatic N) is 3. The molecule has 0 atom stereocenters. The summed E-state index contributed by atoms with van der Waals surface area (Å²) in [5, 5.41) is 2.93. The molecule has 2 aromatic carbocycles. The summed E-state index contributed by atoms with van der Waals surface area (Å²) in [6, 6.07) is 19.7. The van der Waals surface area contributed by atoms with Gasteiger partial charge in [0.05, 0.1) is 0 Å². The number of hydrogen-bond donors (Lipinski definition) is 2. The van der Waals surface area contributed by atoms with E-state index in [-0.39, 0.29) is 0 Å². The fourth-order valence-corrected chi connectivity index (χ4v) is 5.56. The van der Waals surface area contributed by atoms with Gasteiger partial charge in [0.15, 0.2) is 5.17 Å². The third-order valence-corrected chi connectivity index (χ3v) is 7.44. The van der Waals surface area contributed by atoms with E-state index in [1.165, 1.54) is 68.2 Å². The van der Waals surface area contributed by atoms with Crippen molar-refractivity contribution in [1.82, 2.24) is 4.90 Å². The second-order valence-electron chi connectivity index (χ2n) is 8.61. The second kappa shape index (κ2) is 11.8. The van der Waals surface area contributed by atoms with Crippen molar-refractivity contribution < 1.29 is 5.32 Å². The van der Waals surface area contributed by atoms with Crippen LogP contribution in [0.4, 0.5) is 11.4 Å². The van der Waals surface area contributed by atoms with Crippen molar-refractivity contribution in [3.63, 3.8) is 0 Å². The monoisotopic (exact) mass is 468 g/mol. The quantitative estimate of drug-likeness (QED) is 0.302. The lowest BCUT2D eigenvalue weighted by molar-refractivity contribution is -0.440. The minimum Gasteiger partial charge on any atom is -0.378 e. The fourth-order valence-electron chi connectivity index (χ4n) is 4.60. The van der Waals surface area contributed by atoms with E-state index in [1.807, 2.05) is 23.5 Å². The SMILES string of the molecule is NC(=NC(=S)[NH2+]c1ccc(N2CCC(N3CCCCC3)CC2)cc1)SCc1ccccc1. The number of thiocarbonyl (C=S) groups is 1. The molecule has 0 aliphatic carbocycles. The highest BCUT2D eigenvalue weighted by Gasteiger charge is 2.25. The molecule has 170 valence electrons. The van der Waals surface area contributed by atoms with Crippen molar-refractivity contribution >= 4 is 45.6 Å². The maximum atomic E-state index is 6.06. The molecule has 2 fully saturated rings. The number of anilines is 1. The Morgan fingerprint density at radius 2 is 1.66 bits per heavy atom. The molecule has 2 saturated heterocycles. The van der Waals surface area contributed by atoms with Gasteiger partial charge in [0.25, 0.3) is 5.11 Å². The van der Waals surface area contributed by atoms with E-state index in [2.05, 4.69) is 51.2 Å². The highest BCUT2D eigenvalue weighted by Crippen LogP contribution is 2.25. The molecule has 32 heavy (non-hydrogen) atoms. The number of thioether (sulfide) groups is 1. The van der Waals surface area contributed by atoms with Crippen LogP contribution >= 0.6 is 24.0 Å². The molecule has 0 saturated carbocycles. The first kappa shape index (κ1) is 23.2. The van der Waals surface area contributed by atoms with Crippen LogP contribution in [-0.2, 0) is 5.75 Å². The van der Waals surface area contributed by atoms with Crippen LogP contribution in [0, 0.1) is 0 Å². The summed E-state index contributed by atoms with van der Waals surface area (Å²) >= 11 is 6.93. The van der Waals surface area contributed by atoms with E-state index in [1.54, 1.807) is 0 Å². The molecule has 0 amide bonds. The first-order chi connectivity index (χ1) is 15.7. The Labute approximate surface area is 201 Å². The summed E-state index contributed by atoms with van der Waals surface area (Å²) in [6.07, 6.45) is 6.70.